The van der Waals surface area contributed by atoms with Crippen LogP contribution in [0.15, 0.2) is 12.4 Å². The van der Waals surface area contributed by atoms with E-state index in [0.717, 1.165) is 19.8 Å². The summed E-state index contributed by atoms with van der Waals surface area (Å²) in [5, 5.41) is 4.05. The maximum Gasteiger partial charge on any atom is 0.354 e. The lowest BCUT2D eigenvalue weighted by molar-refractivity contribution is -0.736. The Hall–Kier alpha value is -1.43. The molecular weight excluding hydrogens is 186 g/mol. The van der Waals surface area contributed by atoms with Gasteiger partial charge in [-0.3, -0.25) is 4.68 Å². The molecule has 0 saturated carbocycles. The monoisotopic (exact) mass is 198 g/mol. The molecule has 0 spiro atoms. The van der Waals surface area contributed by atoms with Gasteiger partial charge in [-0.05, 0) is 0 Å². The van der Waals surface area contributed by atoms with Crippen molar-refractivity contribution in [1.82, 2.24) is 9.78 Å². The molecule has 1 aromatic rings. The molecule has 14 heavy (non-hydrogen) atoms. The largest absolute Gasteiger partial charge is 0.381 e. The Bertz CT molecular complexity index is 332. The Morgan fingerprint density at radius 3 is 3.14 bits per heavy atom. The van der Waals surface area contributed by atoms with Gasteiger partial charge in [0.15, 0.2) is 7.11 Å². The lowest BCUT2D eigenvalue weighted by Crippen LogP contribution is -2.31. The van der Waals surface area contributed by atoms with Crippen molar-refractivity contribution in [2.24, 2.45) is 5.92 Å². The van der Waals surface area contributed by atoms with Crippen molar-refractivity contribution in [2.75, 3.05) is 20.3 Å². The molecule has 0 unspecified atom stereocenters. The molecule has 2 rings (SSSR count). The first-order valence-electron chi connectivity index (χ1n) is 4.41. The van der Waals surface area contributed by atoms with Crippen molar-refractivity contribution in [1.29, 1.82) is 0 Å². The first-order valence-corrected chi connectivity index (χ1v) is 4.41. The van der Waals surface area contributed by atoms with Crippen molar-refractivity contribution in [3.05, 3.63) is 17.3 Å². The van der Waals surface area contributed by atoms with Gasteiger partial charge in [-0.15, -0.1) is 0 Å². The highest BCUT2D eigenvalue weighted by Crippen LogP contribution is 2.15. The number of nitrogens with zero attached hydrogens (tertiary/aromatic N) is 3. The maximum absolute atomic E-state index is 11.0. The molecule has 1 fully saturated rings. The number of rotatable bonds is 4. The van der Waals surface area contributed by atoms with Gasteiger partial charge in [0.25, 0.3) is 4.92 Å². The second-order valence-electron chi connectivity index (χ2n) is 3.26. The Labute approximate surface area is 80.9 Å². The normalized spacial score (nSPS) is 16.4. The fourth-order valence-electron chi connectivity index (χ4n) is 1.31. The quantitative estimate of drug-likeness (QED) is 0.661. The third kappa shape index (κ3) is 1.74. The van der Waals surface area contributed by atoms with Crippen LogP contribution in [-0.4, -0.2) is 35.0 Å². The van der Waals surface area contributed by atoms with Crippen LogP contribution in [-0.2, 0) is 16.1 Å². The van der Waals surface area contributed by atoms with Gasteiger partial charge in [0.1, 0.15) is 12.4 Å². The Balaban J connectivity index is 1.98. The van der Waals surface area contributed by atoms with Gasteiger partial charge in [-0.2, -0.15) is 5.10 Å². The van der Waals surface area contributed by atoms with Gasteiger partial charge in [0.05, 0.1) is 18.1 Å². The van der Waals surface area contributed by atoms with E-state index in [9.17, 15) is 4.91 Å². The van der Waals surface area contributed by atoms with Crippen molar-refractivity contribution < 1.29 is 14.5 Å². The van der Waals surface area contributed by atoms with E-state index >= 15 is 0 Å². The molecule has 1 aromatic heterocycles. The molecule has 1 aliphatic rings. The number of aromatic nitrogens is 2. The van der Waals surface area contributed by atoms with Crippen LogP contribution < -0.4 is 0 Å². The van der Waals surface area contributed by atoms with Gasteiger partial charge in [0.2, 0.25) is 0 Å². The zero-order chi connectivity index (χ0) is 9.97. The highest BCUT2D eigenvalue weighted by molar-refractivity contribution is 5.19. The molecule has 2 heterocycles. The summed E-state index contributed by atoms with van der Waals surface area (Å²) in [5.74, 6) is 0.519. The fraction of sp³-hybridized carbons (Fsp3) is 0.625. The lowest BCUT2D eigenvalue weighted by atomic mass is 10.1. The van der Waals surface area contributed by atoms with Crippen LogP contribution in [0.1, 0.15) is 0 Å². The van der Waals surface area contributed by atoms with Crippen LogP contribution in [0.25, 0.3) is 0 Å². The molecule has 0 amide bonds. The number of hydrogen-bond donors (Lipinski definition) is 0. The SMILES string of the molecule is CO[N+](=O)c1cnn(CC2COC2)c1. The summed E-state index contributed by atoms with van der Waals surface area (Å²) in [6, 6.07) is 0. The number of hydrogen-bond acceptors (Lipinski definition) is 4. The summed E-state index contributed by atoms with van der Waals surface area (Å²) >= 11 is 0. The molecular formula is C8H12N3O3+. The Morgan fingerprint density at radius 2 is 2.57 bits per heavy atom. The van der Waals surface area contributed by atoms with E-state index < -0.39 is 0 Å². The van der Waals surface area contributed by atoms with E-state index in [-0.39, 0.29) is 0 Å². The van der Waals surface area contributed by atoms with Crippen LogP contribution in [0.4, 0.5) is 5.69 Å². The standard InChI is InChI=1S/C8H12N3O3/c1-13-11(12)8-2-9-10(4-8)3-7-5-14-6-7/h2,4,7H,3,5-6H2,1H3/q+1. The van der Waals surface area contributed by atoms with E-state index in [0.29, 0.717) is 16.5 Å². The summed E-state index contributed by atoms with van der Waals surface area (Å²) in [7, 11) is 1.32. The molecule has 0 bridgehead atoms. The third-order valence-corrected chi connectivity index (χ3v) is 2.15. The van der Waals surface area contributed by atoms with E-state index in [2.05, 4.69) is 9.94 Å². The molecule has 6 nitrogen and oxygen atoms in total. The topological polar surface area (TPSA) is 56.4 Å². The first-order chi connectivity index (χ1) is 6.79. The highest BCUT2D eigenvalue weighted by Gasteiger charge is 2.22. The zero-order valence-electron chi connectivity index (χ0n) is 7.92. The second kappa shape index (κ2) is 3.75. The minimum atomic E-state index is 0.410. The molecule has 6 heteroatoms. The number of ether oxygens (including phenoxy) is 1. The smallest absolute Gasteiger partial charge is 0.354 e. The van der Waals surface area contributed by atoms with E-state index in [1.54, 1.807) is 10.9 Å². The molecule has 1 aliphatic heterocycles. The van der Waals surface area contributed by atoms with Gasteiger partial charge in [-0.1, -0.05) is 0 Å². The zero-order valence-corrected chi connectivity index (χ0v) is 7.92. The van der Waals surface area contributed by atoms with Crippen LogP contribution in [0, 0.1) is 10.8 Å². The van der Waals surface area contributed by atoms with E-state index in [1.165, 1.54) is 13.3 Å². The van der Waals surface area contributed by atoms with Crippen molar-refractivity contribution >= 4 is 5.69 Å². The summed E-state index contributed by atoms with van der Waals surface area (Å²) in [6.07, 6.45) is 3.14. The Morgan fingerprint density at radius 1 is 1.79 bits per heavy atom. The molecule has 0 atom stereocenters. The Kier molecular flexibility index (Phi) is 2.45. The third-order valence-electron chi connectivity index (χ3n) is 2.15. The summed E-state index contributed by atoms with van der Waals surface area (Å²) in [4.78, 5) is 15.9. The maximum atomic E-state index is 11.0. The summed E-state index contributed by atoms with van der Waals surface area (Å²) < 4.78 is 6.77. The first kappa shape index (κ1) is 9.14. The lowest BCUT2D eigenvalue weighted by Gasteiger charge is -2.25. The predicted octanol–water partition coefficient (Wildman–Crippen LogP) is 0.501. The summed E-state index contributed by atoms with van der Waals surface area (Å²) in [6.45, 7) is 2.35. The molecule has 76 valence electrons. The van der Waals surface area contributed by atoms with Crippen LogP contribution in [0.5, 0.6) is 0 Å². The molecule has 0 N–H and O–H groups in total. The highest BCUT2D eigenvalue weighted by atomic mass is 16.8. The summed E-state index contributed by atoms with van der Waals surface area (Å²) in [5.41, 5.74) is 0.410. The van der Waals surface area contributed by atoms with Crippen LogP contribution in [0.2, 0.25) is 0 Å². The average Bonchev–Trinajstić information content (AvgIpc) is 2.58. The molecule has 0 radical (unpaired) electrons. The van der Waals surface area contributed by atoms with E-state index in [4.69, 9.17) is 4.74 Å². The van der Waals surface area contributed by atoms with Gasteiger partial charge < -0.3 is 4.74 Å². The van der Waals surface area contributed by atoms with Gasteiger partial charge in [0, 0.05) is 12.5 Å². The van der Waals surface area contributed by atoms with Crippen molar-refractivity contribution in [3.63, 3.8) is 0 Å². The van der Waals surface area contributed by atoms with E-state index in [1.807, 2.05) is 0 Å². The minimum absolute atomic E-state index is 0.410. The van der Waals surface area contributed by atoms with Crippen LogP contribution in [0.3, 0.4) is 0 Å². The molecule has 0 aromatic carbocycles. The van der Waals surface area contributed by atoms with Crippen LogP contribution >= 0.6 is 0 Å². The fourth-order valence-corrected chi connectivity index (χ4v) is 1.31. The average molecular weight is 198 g/mol. The van der Waals surface area contributed by atoms with Gasteiger partial charge >= 0.3 is 5.69 Å². The van der Waals surface area contributed by atoms with Crippen molar-refractivity contribution in [2.45, 2.75) is 6.54 Å². The predicted molar refractivity (Wildman–Crippen MR) is 46.8 cm³/mol. The second-order valence-corrected chi connectivity index (χ2v) is 3.26. The molecule has 0 aliphatic carbocycles. The van der Waals surface area contributed by atoms with Gasteiger partial charge in [-0.25, -0.2) is 4.84 Å². The van der Waals surface area contributed by atoms with Crippen molar-refractivity contribution in [3.8, 4) is 0 Å². The minimum Gasteiger partial charge on any atom is -0.381 e. The molecule has 1 saturated heterocycles.